The van der Waals surface area contributed by atoms with Crippen molar-refractivity contribution in [2.75, 3.05) is 0 Å². The number of thioether (sulfide) groups is 1. The second kappa shape index (κ2) is 5.53. The van der Waals surface area contributed by atoms with Crippen molar-refractivity contribution in [2.24, 2.45) is 5.92 Å². The Hall–Kier alpha value is -0.760. The Kier molecular flexibility index (Phi) is 4.05. The molecule has 0 radical (unpaired) electrons. The van der Waals surface area contributed by atoms with Crippen molar-refractivity contribution in [3.05, 3.63) is 29.8 Å². The van der Waals surface area contributed by atoms with Crippen LogP contribution in [0.2, 0.25) is 0 Å². The molecule has 1 aromatic rings. The lowest BCUT2D eigenvalue weighted by Gasteiger charge is -2.25. The summed E-state index contributed by atoms with van der Waals surface area (Å²) in [5, 5.41) is 0.748. The normalized spacial score (nSPS) is 25.3. The van der Waals surface area contributed by atoms with Gasteiger partial charge in [-0.2, -0.15) is 0 Å². The molecule has 1 fully saturated rings. The third-order valence-corrected chi connectivity index (χ3v) is 4.59. The summed E-state index contributed by atoms with van der Waals surface area (Å²) in [6, 6.07) is 7.93. The lowest BCUT2D eigenvalue weighted by Crippen LogP contribution is -2.13. The molecule has 1 nitrogen and oxygen atoms in total. The molecule has 1 aliphatic rings. The Bertz CT molecular complexity index is 354. The van der Waals surface area contributed by atoms with Crippen molar-refractivity contribution in [1.29, 1.82) is 0 Å². The van der Waals surface area contributed by atoms with Gasteiger partial charge in [0.1, 0.15) is 6.29 Å². The van der Waals surface area contributed by atoms with Crippen LogP contribution < -0.4 is 0 Å². The van der Waals surface area contributed by atoms with Crippen molar-refractivity contribution in [3.8, 4) is 0 Å². The van der Waals surface area contributed by atoms with Gasteiger partial charge < -0.3 is 0 Å². The Balaban J connectivity index is 1.95. The van der Waals surface area contributed by atoms with Gasteiger partial charge in [0.2, 0.25) is 0 Å². The SMILES string of the molecule is CC1CCC(Sc2cccc(C=O)c2)CC1. The number of hydrogen-bond donors (Lipinski definition) is 0. The van der Waals surface area contributed by atoms with E-state index in [9.17, 15) is 4.79 Å². The van der Waals surface area contributed by atoms with Gasteiger partial charge in [-0.25, -0.2) is 0 Å². The summed E-state index contributed by atoms with van der Waals surface area (Å²) >= 11 is 1.94. The number of carbonyl (C=O) groups is 1. The zero-order valence-corrected chi connectivity index (χ0v) is 10.5. The zero-order chi connectivity index (χ0) is 11.4. The summed E-state index contributed by atoms with van der Waals surface area (Å²) in [5.41, 5.74) is 0.786. The van der Waals surface area contributed by atoms with Gasteiger partial charge in [0.05, 0.1) is 0 Å². The molecule has 1 aliphatic carbocycles. The molecule has 0 unspecified atom stereocenters. The highest BCUT2D eigenvalue weighted by Gasteiger charge is 2.18. The highest BCUT2D eigenvalue weighted by atomic mass is 32.2. The second-order valence-corrected chi connectivity index (χ2v) is 6.06. The fourth-order valence-electron chi connectivity index (χ4n) is 2.20. The highest BCUT2D eigenvalue weighted by Crippen LogP contribution is 2.35. The number of carbonyl (C=O) groups excluding carboxylic acids is 1. The van der Waals surface area contributed by atoms with Crippen LogP contribution in [0.15, 0.2) is 29.2 Å². The highest BCUT2D eigenvalue weighted by molar-refractivity contribution is 8.00. The fourth-order valence-corrected chi connectivity index (χ4v) is 3.45. The van der Waals surface area contributed by atoms with E-state index in [4.69, 9.17) is 0 Å². The van der Waals surface area contributed by atoms with E-state index in [2.05, 4.69) is 13.0 Å². The first-order valence-corrected chi connectivity index (χ1v) is 6.88. The minimum atomic E-state index is 0.748. The molecular weight excluding hydrogens is 216 g/mol. The van der Waals surface area contributed by atoms with Gasteiger partial charge >= 0.3 is 0 Å². The van der Waals surface area contributed by atoms with Gasteiger partial charge in [0, 0.05) is 15.7 Å². The molecule has 0 aromatic heterocycles. The van der Waals surface area contributed by atoms with Crippen LogP contribution in [0.5, 0.6) is 0 Å². The third kappa shape index (κ3) is 3.11. The fraction of sp³-hybridized carbons (Fsp3) is 0.500. The van der Waals surface area contributed by atoms with Gasteiger partial charge in [-0.05, 0) is 43.7 Å². The van der Waals surface area contributed by atoms with E-state index in [0.717, 1.165) is 23.0 Å². The van der Waals surface area contributed by atoms with E-state index in [-0.39, 0.29) is 0 Å². The van der Waals surface area contributed by atoms with Crippen LogP contribution in [0.4, 0.5) is 0 Å². The van der Waals surface area contributed by atoms with Crippen LogP contribution in [0, 0.1) is 5.92 Å². The summed E-state index contributed by atoms with van der Waals surface area (Å²) in [5.74, 6) is 0.901. The van der Waals surface area contributed by atoms with Crippen LogP contribution >= 0.6 is 11.8 Å². The van der Waals surface area contributed by atoms with Crippen molar-refractivity contribution in [2.45, 2.75) is 42.8 Å². The summed E-state index contributed by atoms with van der Waals surface area (Å²) in [4.78, 5) is 11.9. The second-order valence-electron chi connectivity index (χ2n) is 4.69. The molecule has 2 rings (SSSR count). The smallest absolute Gasteiger partial charge is 0.150 e. The minimum absolute atomic E-state index is 0.748. The van der Waals surface area contributed by atoms with Gasteiger partial charge in [0.15, 0.2) is 0 Å². The first-order valence-electron chi connectivity index (χ1n) is 6.00. The van der Waals surface area contributed by atoms with Crippen LogP contribution in [0.1, 0.15) is 43.0 Å². The predicted octanol–water partition coefficient (Wildman–Crippen LogP) is 4.17. The quantitative estimate of drug-likeness (QED) is 0.730. The largest absolute Gasteiger partial charge is 0.298 e. The Morgan fingerprint density at radius 2 is 2.00 bits per heavy atom. The van der Waals surface area contributed by atoms with Gasteiger partial charge in [-0.1, -0.05) is 19.1 Å². The molecule has 0 heterocycles. The molecule has 0 atom stereocenters. The van der Waals surface area contributed by atoms with E-state index in [1.165, 1.54) is 30.6 Å². The lowest BCUT2D eigenvalue weighted by molar-refractivity contribution is 0.112. The van der Waals surface area contributed by atoms with E-state index in [0.29, 0.717) is 0 Å². The van der Waals surface area contributed by atoms with Crippen LogP contribution in [-0.4, -0.2) is 11.5 Å². The number of benzene rings is 1. The molecule has 86 valence electrons. The van der Waals surface area contributed by atoms with Gasteiger partial charge in [0.25, 0.3) is 0 Å². The average molecular weight is 234 g/mol. The Labute approximate surface area is 102 Å². The summed E-state index contributed by atoms with van der Waals surface area (Å²) < 4.78 is 0. The monoisotopic (exact) mass is 234 g/mol. The summed E-state index contributed by atoms with van der Waals surface area (Å²) in [6.45, 7) is 2.34. The molecule has 0 spiro atoms. The topological polar surface area (TPSA) is 17.1 Å². The van der Waals surface area contributed by atoms with Crippen molar-refractivity contribution < 1.29 is 4.79 Å². The molecule has 0 bridgehead atoms. The van der Waals surface area contributed by atoms with Crippen molar-refractivity contribution in [1.82, 2.24) is 0 Å². The zero-order valence-electron chi connectivity index (χ0n) is 9.69. The van der Waals surface area contributed by atoms with Crippen LogP contribution in [-0.2, 0) is 0 Å². The molecule has 0 amide bonds. The van der Waals surface area contributed by atoms with Crippen molar-refractivity contribution in [3.63, 3.8) is 0 Å². The van der Waals surface area contributed by atoms with E-state index in [1.807, 2.05) is 30.0 Å². The van der Waals surface area contributed by atoms with E-state index in [1.54, 1.807) is 0 Å². The maximum absolute atomic E-state index is 10.7. The standard InChI is InChI=1S/C14H18OS/c1-11-5-7-13(8-6-11)16-14-4-2-3-12(9-14)10-15/h2-4,9-11,13H,5-8H2,1H3. The number of rotatable bonds is 3. The Morgan fingerprint density at radius 3 is 2.69 bits per heavy atom. The van der Waals surface area contributed by atoms with E-state index >= 15 is 0 Å². The summed E-state index contributed by atoms with van der Waals surface area (Å²) in [6.07, 6.45) is 6.26. The third-order valence-electron chi connectivity index (χ3n) is 3.26. The lowest BCUT2D eigenvalue weighted by atomic mass is 9.91. The van der Waals surface area contributed by atoms with Crippen LogP contribution in [0.25, 0.3) is 0 Å². The molecule has 0 saturated heterocycles. The molecule has 1 aromatic carbocycles. The maximum Gasteiger partial charge on any atom is 0.150 e. The molecule has 1 saturated carbocycles. The first-order chi connectivity index (χ1) is 7.78. The first kappa shape index (κ1) is 11.7. The summed E-state index contributed by atoms with van der Waals surface area (Å²) in [7, 11) is 0. The molecule has 2 heteroatoms. The van der Waals surface area contributed by atoms with Crippen LogP contribution in [0.3, 0.4) is 0 Å². The molecule has 0 aliphatic heterocycles. The van der Waals surface area contributed by atoms with E-state index < -0.39 is 0 Å². The van der Waals surface area contributed by atoms with Crippen molar-refractivity contribution >= 4 is 18.0 Å². The maximum atomic E-state index is 10.7. The number of hydrogen-bond acceptors (Lipinski definition) is 2. The van der Waals surface area contributed by atoms with Gasteiger partial charge in [-0.3, -0.25) is 4.79 Å². The number of aldehydes is 1. The Morgan fingerprint density at radius 1 is 1.25 bits per heavy atom. The molecule has 0 N–H and O–H groups in total. The molecule has 16 heavy (non-hydrogen) atoms. The average Bonchev–Trinajstić information content (AvgIpc) is 2.32. The minimum Gasteiger partial charge on any atom is -0.298 e. The predicted molar refractivity (Wildman–Crippen MR) is 69.1 cm³/mol. The van der Waals surface area contributed by atoms with Gasteiger partial charge in [-0.15, -0.1) is 11.8 Å². The molecular formula is C14H18OS.